The predicted molar refractivity (Wildman–Crippen MR) is 378 cm³/mol. The molecule has 2 fully saturated rings. The molecule has 17 heteroatoms. The standard InChI is InChI=1S/C38H51N5O4.C38H50N4O4/c1-6-10-22-42-23-19-31(20-24-42)46-30-14-11-27(12-15-30)37-41-33-26-32(16-17-34(33)43(37)21-7-2)47-35-18-13-29(25-36(35)45-5)40-38(44)39-28(8-3)9-4;1-6-10-21-41-22-19-32(20-23-41)45-31-14-11-27(12-15-31)35-25-28-24-33(16-17-34(28)42(35)9-4)46-36-18-13-30(26-37(36)44-5)40-38(43)39-29(7-2)8-3/h11-18,25-26,28,31H,6-10,19-24H2,1-5H3,(H2,39,40,44);11-18,24-26,29,32H,6-10,19-23H2,1-5H3,(H2,39,40,43). The Balaban J connectivity index is 0.000000219. The summed E-state index contributed by atoms with van der Waals surface area (Å²) in [5.74, 6) is 6.32. The summed E-state index contributed by atoms with van der Waals surface area (Å²) in [6.07, 6.45) is 14.4. The fraction of sp³-hybridized carbons (Fsp3) is 0.461. The number of ether oxygens (including phenoxy) is 6. The molecule has 0 saturated carbocycles. The number of piperidine rings is 2. The maximum atomic E-state index is 12.4. The molecule has 10 rings (SSSR count). The van der Waals surface area contributed by atoms with Crippen molar-refractivity contribution in [3.63, 3.8) is 0 Å². The van der Waals surface area contributed by atoms with Crippen LogP contribution in [0.25, 0.3) is 44.6 Å². The summed E-state index contributed by atoms with van der Waals surface area (Å²) in [6, 6.07) is 41.8. The fourth-order valence-corrected chi connectivity index (χ4v) is 12.4. The van der Waals surface area contributed by atoms with Gasteiger partial charge in [0, 0.05) is 103 Å². The number of benzene rings is 6. The number of urea groups is 2. The van der Waals surface area contributed by atoms with E-state index in [2.05, 4.69) is 168 Å². The highest BCUT2D eigenvalue weighted by Gasteiger charge is 2.24. The summed E-state index contributed by atoms with van der Waals surface area (Å²) >= 11 is 0. The molecular weight excluding hydrogens is 1170 g/mol. The molecule has 6 aromatic carbocycles. The van der Waals surface area contributed by atoms with E-state index < -0.39 is 0 Å². The van der Waals surface area contributed by atoms with E-state index in [9.17, 15) is 9.59 Å². The average molecular weight is 1270 g/mol. The number of imidazole rings is 1. The number of nitrogens with one attached hydrogen (secondary N) is 4. The Hall–Kier alpha value is -8.41. The molecule has 0 atom stereocenters. The van der Waals surface area contributed by atoms with E-state index in [1.165, 1.54) is 38.8 Å². The Morgan fingerprint density at radius 1 is 0.484 bits per heavy atom. The maximum absolute atomic E-state index is 12.4. The van der Waals surface area contributed by atoms with Crippen LogP contribution in [0.5, 0.6) is 46.0 Å². The van der Waals surface area contributed by atoms with Gasteiger partial charge in [-0.15, -0.1) is 0 Å². The third-order valence-electron chi connectivity index (χ3n) is 17.9. The van der Waals surface area contributed by atoms with Gasteiger partial charge in [0.1, 0.15) is 41.0 Å². The smallest absolute Gasteiger partial charge is 0.319 e. The highest BCUT2D eigenvalue weighted by atomic mass is 16.5. The minimum absolute atomic E-state index is 0.137. The summed E-state index contributed by atoms with van der Waals surface area (Å²) in [4.78, 5) is 35.1. The monoisotopic (exact) mass is 1270 g/mol. The fourth-order valence-electron chi connectivity index (χ4n) is 12.4. The number of hydrogen-bond acceptors (Lipinski definition) is 11. The Morgan fingerprint density at radius 2 is 0.946 bits per heavy atom. The van der Waals surface area contributed by atoms with Gasteiger partial charge in [0.05, 0.1) is 25.3 Å². The molecular formula is C76H101N9O8. The largest absolute Gasteiger partial charge is 0.493 e. The van der Waals surface area contributed by atoms with Gasteiger partial charge in [-0.1, -0.05) is 61.3 Å². The molecule has 498 valence electrons. The van der Waals surface area contributed by atoms with Crippen LogP contribution in [-0.4, -0.2) is 114 Å². The predicted octanol–water partition coefficient (Wildman–Crippen LogP) is 18.0. The number of aromatic nitrogens is 3. The van der Waals surface area contributed by atoms with E-state index in [0.29, 0.717) is 45.9 Å². The van der Waals surface area contributed by atoms with Crippen molar-refractivity contribution in [2.24, 2.45) is 0 Å². The van der Waals surface area contributed by atoms with Crippen LogP contribution in [0.1, 0.15) is 139 Å². The zero-order valence-electron chi connectivity index (χ0n) is 56.8. The van der Waals surface area contributed by atoms with Gasteiger partial charge in [-0.05, 0) is 205 Å². The third-order valence-corrected chi connectivity index (χ3v) is 17.9. The van der Waals surface area contributed by atoms with E-state index in [1.807, 2.05) is 30.3 Å². The zero-order valence-corrected chi connectivity index (χ0v) is 56.8. The SMILES string of the molecule is CCCCN1CCC(Oc2ccc(-c3cc4cc(Oc5ccc(NC(=O)NC(CC)CC)cc5OC)ccc4n3CC)cc2)CC1.CCCCN1CCC(Oc2ccc(-c3nc4cc(Oc5ccc(NC(=O)NC(CC)CC)cc5OC)ccc4n3CCC)cc2)CC1. The number of aryl methyl sites for hydroxylation is 2. The molecule has 2 saturated heterocycles. The quantitative estimate of drug-likeness (QED) is 0.0352. The second kappa shape index (κ2) is 34.5. The Bertz CT molecular complexity index is 3640. The van der Waals surface area contributed by atoms with Crippen LogP contribution in [0, 0.1) is 0 Å². The lowest BCUT2D eigenvalue weighted by Gasteiger charge is -2.32. The molecule has 2 aliphatic rings. The molecule has 0 aliphatic carbocycles. The lowest BCUT2D eigenvalue weighted by Crippen LogP contribution is -2.38. The number of rotatable bonds is 29. The molecule has 4 N–H and O–H groups in total. The number of methoxy groups -OCH3 is 2. The second-order valence-corrected chi connectivity index (χ2v) is 24.5. The van der Waals surface area contributed by atoms with Gasteiger partial charge in [0.25, 0.3) is 0 Å². The number of carbonyl (C=O) groups is 2. The number of fused-ring (bicyclic) bond motifs is 2. The van der Waals surface area contributed by atoms with Crippen LogP contribution in [0.2, 0.25) is 0 Å². The molecule has 0 unspecified atom stereocenters. The Labute approximate surface area is 551 Å². The van der Waals surface area contributed by atoms with Gasteiger partial charge >= 0.3 is 12.1 Å². The Morgan fingerprint density at radius 3 is 1.40 bits per heavy atom. The van der Waals surface area contributed by atoms with Crippen molar-refractivity contribution >= 4 is 45.4 Å². The van der Waals surface area contributed by atoms with Crippen molar-refractivity contribution in [3.05, 3.63) is 127 Å². The molecule has 2 aliphatic heterocycles. The molecule has 8 aromatic rings. The van der Waals surface area contributed by atoms with Gasteiger partial charge < -0.3 is 68.6 Å². The Kier molecular flexibility index (Phi) is 25.6. The van der Waals surface area contributed by atoms with E-state index in [4.69, 9.17) is 33.4 Å². The lowest BCUT2D eigenvalue weighted by molar-refractivity contribution is 0.0997. The van der Waals surface area contributed by atoms with E-state index in [-0.39, 0.29) is 36.4 Å². The topological polar surface area (TPSA) is 167 Å². The van der Waals surface area contributed by atoms with Gasteiger partial charge in [-0.25, -0.2) is 14.6 Å². The molecule has 0 radical (unpaired) electrons. The number of unbranched alkanes of at least 4 members (excludes halogenated alkanes) is 2. The van der Waals surface area contributed by atoms with Crippen molar-refractivity contribution in [3.8, 4) is 68.6 Å². The van der Waals surface area contributed by atoms with Gasteiger partial charge in [0.15, 0.2) is 23.0 Å². The molecule has 93 heavy (non-hydrogen) atoms. The summed E-state index contributed by atoms with van der Waals surface area (Å²) in [5, 5.41) is 12.9. The summed E-state index contributed by atoms with van der Waals surface area (Å²) in [5.41, 5.74) is 7.69. The number of carbonyl (C=O) groups excluding carboxylic acids is 2. The minimum atomic E-state index is -0.237. The van der Waals surface area contributed by atoms with Crippen molar-refractivity contribution < 1.29 is 38.0 Å². The average Bonchev–Trinajstić information content (AvgIpc) is 1.66. The molecule has 2 aromatic heterocycles. The van der Waals surface area contributed by atoms with Crippen molar-refractivity contribution in [2.45, 2.75) is 176 Å². The minimum Gasteiger partial charge on any atom is -0.493 e. The first kappa shape index (κ1) is 68.9. The molecule has 4 heterocycles. The van der Waals surface area contributed by atoms with Crippen LogP contribution in [-0.2, 0) is 13.1 Å². The van der Waals surface area contributed by atoms with Crippen molar-refractivity contribution in [1.29, 1.82) is 0 Å². The van der Waals surface area contributed by atoms with Crippen LogP contribution in [0.15, 0.2) is 127 Å². The number of nitrogens with zero attached hydrogens (tertiary/aromatic N) is 5. The number of hydrogen-bond donors (Lipinski definition) is 4. The van der Waals surface area contributed by atoms with E-state index in [0.717, 1.165) is 153 Å². The van der Waals surface area contributed by atoms with Gasteiger partial charge in [-0.3, -0.25) is 0 Å². The van der Waals surface area contributed by atoms with Crippen molar-refractivity contribution in [1.82, 2.24) is 34.6 Å². The first-order valence-electron chi connectivity index (χ1n) is 34.4. The highest BCUT2D eigenvalue weighted by Crippen LogP contribution is 2.39. The zero-order chi connectivity index (χ0) is 65.6. The first-order chi connectivity index (χ1) is 45.4. The van der Waals surface area contributed by atoms with Crippen LogP contribution in [0.4, 0.5) is 21.0 Å². The first-order valence-corrected chi connectivity index (χ1v) is 34.4. The molecule has 4 amide bonds. The maximum Gasteiger partial charge on any atom is 0.319 e. The van der Waals surface area contributed by atoms with Gasteiger partial charge in [-0.2, -0.15) is 0 Å². The second-order valence-electron chi connectivity index (χ2n) is 24.5. The summed E-state index contributed by atoms with van der Waals surface area (Å²) in [7, 11) is 3.19. The highest BCUT2D eigenvalue weighted by molar-refractivity contribution is 5.91. The molecule has 0 spiro atoms. The third kappa shape index (κ3) is 18.7. The van der Waals surface area contributed by atoms with E-state index in [1.54, 1.807) is 38.5 Å². The van der Waals surface area contributed by atoms with Crippen LogP contribution >= 0.6 is 0 Å². The van der Waals surface area contributed by atoms with Crippen LogP contribution < -0.4 is 49.7 Å². The number of likely N-dealkylation sites (tertiary alicyclic amines) is 2. The normalized spacial score (nSPS) is 14.0. The number of anilines is 2. The summed E-state index contributed by atoms with van der Waals surface area (Å²) in [6.45, 7) is 25.7. The summed E-state index contributed by atoms with van der Waals surface area (Å²) < 4.78 is 41.1. The lowest BCUT2D eigenvalue weighted by atomic mass is 10.1. The molecule has 0 bridgehead atoms. The van der Waals surface area contributed by atoms with Gasteiger partial charge in [0.2, 0.25) is 0 Å². The van der Waals surface area contributed by atoms with Crippen LogP contribution in [0.3, 0.4) is 0 Å². The van der Waals surface area contributed by atoms with Crippen molar-refractivity contribution in [2.75, 3.05) is 64.1 Å². The number of amides is 4. The molecule has 17 nitrogen and oxygen atoms in total. The van der Waals surface area contributed by atoms with E-state index >= 15 is 0 Å².